The minimum atomic E-state index is -4.70. The summed E-state index contributed by atoms with van der Waals surface area (Å²) >= 11 is 0. The normalized spacial score (nSPS) is 11.4. The molecule has 0 unspecified atom stereocenters. The third-order valence-corrected chi connectivity index (χ3v) is 6.71. The second-order valence-corrected chi connectivity index (χ2v) is 10.7. The molecule has 0 aliphatic heterocycles. The Bertz CT molecular complexity index is 1140. The van der Waals surface area contributed by atoms with Gasteiger partial charge >= 0.3 is 16.4 Å². The van der Waals surface area contributed by atoms with E-state index in [0.29, 0.717) is 6.42 Å². The fraction of sp³-hybridized carbons (Fsp3) is 0.480. The molecule has 11 heteroatoms. The number of para-hydroxylation sites is 1. The van der Waals surface area contributed by atoms with Gasteiger partial charge < -0.3 is 9.29 Å². The minimum Gasteiger partial charge on any atom is -0.478 e. The fourth-order valence-electron chi connectivity index (χ4n) is 3.59. The number of benzene rings is 2. The van der Waals surface area contributed by atoms with Gasteiger partial charge in [0.25, 0.3) is 10.1 Å². The van der Waals surface area contributed by atoms with Crippen molar-refractivity contribution in [1.29, 1.82) is 0 Å². The molecule has 0 aliphatic carbocycles. The highest BCUT2D eigenvalue weighted by molar-refractivity contribution is 7.85. The molecule has 0 spiro atoms. The van der Waals surface area contributed by atoms with E-state index in [2.05, 4.69) is 11.1 Å². The van der Waals surface area contributed by atoms with E-state index in [1.165, 1.54) is 69.6 Å². The first-order chi connectivity index (χ1) is 17.0. The lowest BCUT2D eigenvalue weighted by atomic mass is 10.0. The van der Waals surface area contributed by atoms with E-state index < -0.39 is 32.2 Å². The molecule has 0 bridgehead atoms. The van der Waals surface area contributed by atoms with E-state index in [4.69, 9.17) is 9.66 Å². The van der Waals surface area contributed by atoms with Crippen LogP contribution >= 0.6 is 0 Å². The molecule has 0 atom stereocenters. The molecule has 2 aromatic carbocycles. The number of unbranched alkanes of at least 4 members (excludes halogenated alkanes) is 9. The molecule has 3 N–H and O–H groups in total. The van der Waals surface area contributed by atoms with Gasteiger partial charge in [0.1, 0.15) is 5.56 Å². The van der Waals surface area contributed by atoms with Crippen molar-refractivity contribution in [3.8, 4) is 5.75 Å². The molecular formula is C25H36O9S2. The summed E-state index contributed by atoms with van der Waals surface area (Å²) in [6, 6.07) is 11.8. The molecule has 0 fully saturated rings. The van der Waals surface area contributed by atoms with Gasteiger partial charge in [-0.05, 0) is 36.6 Å². The average molecular weight is 545 g/mol. The lowest BCUT2D eigenvalue weighted by molar-refractivity contribution is 0.0695. The third kappa shape index (κ3) is 13.6. The summed E-state index contributed by atoms with van der Waals surface area (Å²) in [6.45, 7) is 2.24. The minimum absolute atomic E-state index is 0.0610. The maximum atomic E-state index is 11.3. The summed E-state index contributed by atoms with van der Waals surface area (Å²) in [5.74, 6) is -1.77. The molecule has 36 heavy (non-hydrogen) atoms. The van der Waals surface area contributed by atoms with Gasteiger partial charge in [0.05, 0.1) is 4.90 Å². The Hall–Kier alpha value is -2.47. The Morgan fingerprint density at radius 3 is 1.78 bits per heavy atom. The average Bonchev–Trinajstić information content (AvgIpc) is 2.79. The zero-order valence-electron chi connectivity index (χ0n) is 20.5. The quantitative estimate of drug-likeness (QED) is 0.182. The van der Waals surface area contributed by atoms with E-state index in [1.807, 2.05) is 6.07 Å². The maximum absolute atomic E-state index is 11.3. The Balaban J connectivity index is 0.000000397. The van der Waals surface area contributed by atoms with Gasteiger partial charge in [-0.1, -0.05) is 95.0 Å². The summed E-state index contributed by atoms with van der Waals surface area (Å²) in [6.07, 6.45) is 13.3. The smallest absolute Gasteiger partial charge is 0.446 e. The largest absolute Gasteiger partial charge is 0.478 e. The summed E-state index contributed by atoms with van der Waals surface area (Å²) in [7, 11) is -8.79. The molecule has 0 radical (unpaired) electrons. The van der Waals surface area contributed by atoms with Crippen LogP contribution in [0.3, 0.4) is 0 Å². The zero-order chi connectivity index (χ0) is 27.0. The molecule has 2 aromatic rings. The first-order valence-electron chi connectivity index (χ1n) is 12.0. The number of hydrogen-bond donors (Lipinski definition) is 3. The molecular weight excluding hydrogens is 508 g/mol. The van der Waals surface area contributed by atoms with Crippen molar-refractivity contribution >= 4 is 26.5 Å². The van der Waals surface area contributed by atoms with Crippen molar-refractivity contribution in [3.05, 3.63) is 59.7 Å². The van der Waals surface area contributed by atoms with E-state index >= 15 is 0 Å². The Morgan fingerprint density at radius 2 is 1.25 bits per heavy atom. The van der Waals surface area contributed by atoms with Crippen LogP contribution in [0.5, 0.6) is 5.75 Å². The van der Waals surface area contributed by atoms with E-state index in [0.717, 1.165) is 30.5 Å². The molecule has 2 rings (SSSR count). The van der Waals surface area contributed by atoms with Gasteiger partial charge in [-0.3, -0.25) is 9.11 Å². The number of aryl methyl sites for hydroxylation is 1. The number of carboxylic acid groups (broad SMARTS) is 1. The van der Waals surface area contributed by atoms with E-state index in [-0.39, 0.29) is 10.5 Å². The van der Waals surface area contributed by atoms with Crippen LogP contribution in [0.25, 0.3) is 0 Å². The van der Waals surface area contributed by atoms with Crippen LogP contribution in [0.4, 0.5) is 0 Å². The number of carbonyl (C=O) groups is 1. The standard InChI is InChI=1S/C18H30O3S.C7H6O6S/c1-2-3-4-5-6-7-8-9-10-11-14-17-15-12-13-16-18(17)22(19,20)21;8-7(9)5-3-1-2-4-6(5)13-14(10,11)12/h12-13,15-16H,2-11,14H2,1H3,(H,19,20,21);1-4H,(H,8,9)(H,10,11,12). The first-order valence-corrected chi connectivity index (χ1v) is 14.8. The number of hydrogen-bond acceptors (Lipinski definition) is 6. The molecule has 0 heterocycles. The predicted molar refractivity (Wildman–Crippen MR) is 137 cm³/mol. The highest BCUT2D eigenvalue weighted by Gasteiger charge is 2.15. The van der Waals surface area contributed by atoms with Crippen LogP contribution in [0, 0.1) is 0 Å². The molecule has 9 nitrogen and oxygen atoms in total. The molecule has 0 saturated heterocycles. The molecule has 0 aromatic heterocycles. The van der Waals surface area contributed by atoms with Crippen molar-refractivity contribution in [1.82, 2.24) is 0 Å². The van der Waals surface area contributed by atoms with Gasteiger partial charge in [-0.2, -0.15) is 16.8 Å². The topological polar surface area (TPSA) is 155 Å². The highest BCUT2D eigenvalue weighted by Crippen LogP contribution is 2.20. The second-order valence-electron chi connectivity index (χ2n) is 8.33. The predicted octanol–water partition coefficient (Wildman–Crippen LogP) is 5.96. The van der Waals surface area contributed by atoms with Crippen LogP contribution < -0.4 is 4.18 Å². The van der Waals surface area contributed by atoms with E-state index in [9.17, 15) is 26.2 Å². The number of carboxylic acids is 1. The molecule has 0 aliphatic rings. The van der Waals surface area contributed by atoms with Crippen LogP contribution in [0.1, 0.15) is 87.1 Å². The van der Waals surface area contributed by atoms with Crippen molar-refractivity contribution in [2.75, 3.05) is 0 Å². The van der Waals surface area contributed by atoms with Gasteiger partial charge in [0.2, 0.25) is 0 Å². The number of aromatic carboxylic acids is 1. The van der Waals surface area contributed by atoms with E-state index in [1.54, 1.807) is 12.1 Å². The summed E-state index contributed by atoms with van der Waals surface area (Å²) in [4.78, 5) is 10.6. The van der Waals surface area contributed by atoms with Gasteiger partial charge in [0, 0.05) is 0 Å². The summed E-state index contributed by atoms with van der Waals surface area (Å²) in [5.41, 5.74) is 0.384. The fourth-order valence-corrected chi connectivity index (χ4v) is 4.72. The van der Waals surface area contributed by atoms with Crippen molar-refractivity contribution in [2.24, 2.45) is 0 Å². The van der Waals surface area contributed by atoms with Crippen molar-refractivity contribution in [3.63, 3.8) is 0 Å². The van der Waals surface area contributed by atoms with Crippen LogP contribution in [0.2, 0.25) is 0 Å². The summed E-state index contributed by atoms with van der Waals surface area (Å²) in [5, 5.41) is 8.61. The lowest BCUT2D eigenvalue weighted by Gasteiger charge is -2.07. The Labute approximate surface area is 214 Å². The monoisotopic (exact) mass is 544 g/mol. The first kappa shape index (κ1) is 31.6. The van der Waals surface area contributed by atoms with Gasteiger partial charge in [-0.15, -0.1) is 0 Å². The maximum Gasteiger partial charge on any atom is 0.446 e. The van der Waals surface area contributed by atoms with Crippen molar-refractivity contribution < 1.29 is 40.0 Å². The van der Waals surface area contributed by atoms with Crippen molar-refractivity contribution in [2.45, 2.75) is 82.4 Å². The lowest BCUT2D eigenvalue weighted by Crippen LogP contribution is -2.10. The van der Waals surface area contributed by atoms with Crippen LogP contribution in [-0.4, -0.2) is 37.0 Å². The van der Waals surface area contributed by atoms with Crippen LogP contribution in [-0.2, 0) is 26.9 Å². The SMILES string of the molecule is CCCCCCCCCCCCc1ccccc1S(=O)(=O)O.O=C(O)c1ccccc1OS(=O)(=O)O. The van der Waals surface area contributed by atoms with Crippen LogP contribution in [0.15, 0.2) is 53.4 Å². The molecule has 0 amide bonds. The number of rotatable bonds is 15. The highest BCUT2D eigenvalue weighted by atomic mass is 32.3. The Kier molecular flexibility index (Phi) is 14.3. The second kappa shape index (κ2) is 16.3. The third-order valence-electron chi connectivity index (χ3n) is 5.36. The molecule has 202 valence electrons. The van der Waals surface area contributed by atoms with Gasteiger partial charge in [-0.25, -0.2) is 4.79 Å². The Morgan fingerprint density at radius 1 is 0.750 bits per heavy atom. The van der Waals surface area contributed by atoms with Gasteiger partial charge in [0.15, 0.2) is 5.75 Å². The summed E-state index contributed by atoms with van der Waals surface area (Å²) < 4.78 is 64.8. The zero-order valence-corrected chi connectivity index (χ0v) is 22.1. The molecule has 0 saturated carbocycles.